The Balaban J connectivity index is 2.66. The molecule has 0 aliphatic carbocycles. The Kier molecular flexibility index (Phi) is 3.81. The number of hydrogen-bond donors (Lipinski definition) is 1. The lowest BCUT2D eigenvalue weighted by Crippen LogP contribution is -2.26. The highest BCUT2D eigenvalue weighted by molar-refractivity contribution is 4.96. The summed E-state index contributed by atoms with van der Waals surface area (Å²) < 4.78 is 40.8. The number of aromatic nitrogens is 2. The van der Waals surface area contributed by atoms with Crippen molar-refractivity contribution in [2.75, 3.05) is 0 Å². The van der Waals surface area contributed by atoms with Gasteiger partial charge in [0.1, 0.15) is 0 Å². The second-order valence-corrected chi connectivity index (χ2v) is 5.01. The van der Waals surface area contributed by atoms with Crippen molar-refractivity contribution in [1.82, 2.24) is 10.1 Å². The quantitative estimate of drug-likeness (QED) is 0.896. The summed E-state index contributed by atoms with van der Waals surface area (Å²) in [4.78, 5) is 3.88. The van der Waals surface area contributed by atoms with E-state index in [1.54, 1.807) is 0 Å². The molecule has 1 aromatic heterocycles. The number of alkyl halides is 3. The van der Waals surface area contributed by atoms with Crippen molar-refractivity contribution in [3.63, 3.8) is 0 Å². The molecule has 0 fully saturated rings. The lowest BCUT2D eigenvalue weighted by molar-refractivity contribution is -0.134. The molecular weight excluding hydrogens is 235 g/mol. The van der Waals surface area contributed by atoms with Crippen LogP contribution in [0, 0.1) is 5.41 Å². The maximum absolute atomic E-state index is 12.0. The molecule has 0 amide bonds. The highest BCUT2D eigenvalue weighted by atomic mass is 19.4. The lowest BCUT2D eigenvalue weighted by atomic mass is 9.87. The molecule has 0 radical (unpaired) electrons. The van der Waals surface area contributed by atoms with Crippen LogP contribution in [-0.4, -0.2) is 16.3 Å². The molecule has 1 aromatic rings. The zero-order chi connectivity index (χ0) is 13.3. The molecule has 0 aliphatic heterocycles. The molecule has 0 unspecified atom stereocenters. The molecule has 0 spiro atoms. The number of rotatable bonds is 3. The summed E-state index contributed by atoms with van der Waals surface area (Å²) in [6.45, 7) is 5.66. The van der Waals surface area contributed by atoms with Crippen molar-refractivity contribution in [1.29, 1.82) is 0 Å². The molecule has 0 aliphatic rings. The molecule has 98 valence electrons. The molecule has 7 heteroatoms. The Hall–Kier alpha value is -1.11. The van der Waals surface area contributed by atoms with Crippen LogP contribution in [0.5, 0.6) is 0 Å². The highest BCUT2D eigenvalue weighted by Gasteiger charge is 2.30. The lowest BCUT2D eigenvalue weighted by Gasteiger charge is -2.23. The molecule has 1 rings (SSSR count). The molecule has 0 saturated heterocycles. The van der Waals surface area contributed by atoms with Gasteiger partial charge in [-0.1, -0.05) is 25.9 Å². The Morgan fingerprint density at radius 2 is 1.88 bits per heavy atom. The molecule has 1 atom stereocenters. The maximum Gasteiger partial charge on any atom is 0.389 e. The first-order valence-corrected chi connectivity index (χ1v) is 5.24. The van der Waals surface area contributed by atoms with E-state index in [0.29, 0.717) is 0 Å². The molecule has 2 N–H and O–H groups in total. The Morgan fingerprint density at radius 3 is 2.35 bits per heavy atom. The third-order valence-corrected chi connectivity index (χ3v) is 2.31. The van der Waals surface area contributed by atoms with E-state index in [0.717, 1.165) is 0 Å². The van der Waals surface area contributed by atoms with Gasteiger partial charge in [0.15, 0.2) is 5.82 Å². The van der Waals surface area contributed by atoms with E-state index in [9.17, 15) is 13.2 Å². The van der Waals surface area contributed by atoms with Crippen LogP contribution in [0.15, 0.2) is 4.52 Å². The summed E-state index contributed by atoms with van der Waals surface area (Å²) in [5, 5.41) is 3.49. The summed E-state index contributed by atoms with van der Waals surface area (Å²) >= 11 is 0. The first-order chi connectivity index (χ1) is 7.59. The number of nitrogens with zero attached hydrogens (tertiary/aromatic N) is 2. The maximum atomic E-state index is 12.0. The van der Waals surface area contributed by atoms with Crippen LogP contribution < -0.4 is 5.73 Å². The molecule has 4 nitrogen and oxygen atoms in total. The largest absolute Gasteiger partial charge is 0.389 e. The second-order valence-electron chi connectivity index (χ2n) is 5.01. The van der Waals surface area contributed by atoms with Gasteiger partial charge in [-0.3, -0.25) is 0 Å². The minimum atomic E-state index is -4.22. The van der Waals surface area contributed by atoms with Crippen LogP contribution in [-0.2, 0) is 6.42 Å². The molecule has 0 bridgehead atoms. The zero-order valence-electron chi connectivity index (χ0n) is 10.0. The van der Waals surface area contributed by atoms with Gasteiger partial charge >= 0.3 is 6.18 Å². The van der Waals surface area contributed by atoms with Gasteiger partial charge in [0.2, 0.25) is 5.89 Å². The molecule has 17 heavy (non-hydrogen) atoms. The minimum absolute atomic E-state index is 0.0389. The van der Waals surface area contributed by atoms with E-state index in [4.69, 9.17) is 10.3 Å². The smallest absolute Gasteiger partial charge is 0.338 e. The van der Waals surface area contributed by atoms with E-state index >= 15 is 0 Å². The number of halogens is 3. The van der Waals surface area contributed by atoms with Crippen molar-refractivity contribution in [3.8, 4) is 0 Å². The first-order valence-electron chi connectivity index (χ1n) is 5.24. The summed E-state index contributed by atoms with van der Waals surface area (Å²) in [5.74, 6) is 0.215. The summed E-state index contributed by atoms with van der Waals surface area (Å²) in [6, 6.07) is -0.491. The van der Waals surface area contributed by atoms with Gasteiger partial charge in [0, 0.05) is 6.42 Å². The molecule has 0 saturated carbocycles. The first kappa shape index (κ1) is 14.0. The van der Waals surface area contributed by atoms with Gasteiger partial charge in [-0.15, -0.1) is 0 Å². The standard InChI is InChI=1S/C10H16F3N3O/c1-9(2,3)7(14)8-15-6(16-17-8)4-5-10(11,12)13/h7H,4-5,14H2,1-3H3/t7-/m1/s1. The number of nitrogens with two attached hydrogens (primary N) is 1. The van der Waals surface area contributed by atoms with Crippen LogP contribution in [0.25, 0.3) is 0 Å². The van der Waals surface area contributed by atoms with Crippen molar-refractivity contribution < 1.29 is 17.7 Å². The summed E-state index contributed by atoms with van der Waals surface area (Å²) in [6.07, 6.45) is -5.46. The van der Waals surface area contributed by atoms with Crippen LogP contribution in [0.3, 0.4) is 0 Å². The average Bonchev–Trinajstić information content (AvgIpc) is 2.59. The van der Waals surface area contributed by atoms with E-state index in [-0.39, 0.29) is 23.6 Å². The fraction of sp³-hybridized carbons (Fsp3) is 0.800. The summed E-state index contributed by atoms with van der Waals surface area (Å²) in [7, 11) is 0. The fourth-order valence-electron chi connectivity index (χ4n) is 1.12. The Labute approximate surface area is 97.4 Å². The van der Waals surface area contributed by atoms with Gasteiger partial charge in [-0.2, -0.15) is 18.2 Å². The molecular formula is C10H16F3N3O. The average molecular weight is 251 g/mol. The topological polar surface area (TPSA) is 64.9 Å². The van der Waals surface area contributed by atoms with Crippen LogP contribution in [0.4, 0.5) is 13.2 Å². The highest BCUT2D eigenvalue weighted by Crippen LogP contribution is 2.29. The van der Waals surface area contributed by atoms with Gasteiger partial charge in [0.05, 0.1) is 12.5 Å². The van der Waals surface area contributed by atoms with E-state index < -0.39 is 18.6 Å². The summed E-state index contributed by atoms with van der Waals surface area (Å²) in [5.41, 5.74) is 5.56. The van der Waals surface area contributed by atoms with Gasteiger partial charge < -0.3 is 10.3 Å². The third kappa shape index (κ3) is 4.33. The monoisotopic (exact) mass is 251 g/mol. The van der Waals surface area contributed by atoms with Gasteiger partial charge in [-0.25, -0.2) is 0 Å². The fourth-order valence-corrected chi connectivity index (χ4v) is 1.12. The van der Waals surface area contributed by atoms with Gasteiger partial charge in [0.25, 0.3) is 0 Å². The van der Waals surface area contributed by atoms with Crippen LogP contribution >= 0.6 is 0 Å². The normalized spacial score (nSPS) is 15.0. The Bertz CT molecular complexity index is 368. The van der Waals surface area contributed by atoms with Crippen molar-refractivity contribution in [2.45, 2.75) is 45.8 Å². The van der Waals surface area contributed by atoms with Crippen molar-refractivity contribution >= 4 is 0 Å². The van der Waals surface area contributed by atoms with E-state index in [1.165, 1.54) is 0 Å². The van der Waals surface area contributed by atoms with Crippen molar-refractivity contribution in [2.24, 2.45) is 11.1 Å². The predicted octanol–water partition coefficient (Wildman–Crippen LogP) is 2.61. The number of aryl methyl sites for hydroxylation is 1. The predicted molar refractivity (Wildman–Crippen MR) is 55.1 cm³/mol. The molecule has 1 heterocycles. The van der Waals surface area contributed by atoms with E-state index in [2.05, 4.69) is 10.1 Å². The minimum Gasteiger partial charge on any atom is -0.338 e. The van der Waals surface area contributed by atoms with Crippen LogP contribution in [0.2, 0.25) is 0 Å². The number of hydrogen-bond acceptors (Lipinski definition) is 4. The SMILES string of the molecule is CC(C)(C)[C@H](N)c1nc(CCC(F)(F)F)no1. The molecule has 0 aromatic carbocycles. The van der Waals surface area contributed by atoms with Gasteiger partial charge in [-0.05, 0) is 5.41 Å². The van der Waals surface area contributed by atoms with Crippen molar-refractivity contribution in [3.05, 3.63) is 11.7 Å². The zero-order valence-corrected chi connectivity index (χ0v) is 10.0. The van der Waals surface area contributed by atoms with E-state index in [1.807, 2.05) is 20.8 Å². The van der Waals surface area contributed by atoms with Crippen LogP contribution in [0.1, 0.15) is 44.9 Å². The Morgan fingerprint density at radius 1 is 1.29 bits per heavy atom. The second kappa shape index (κ2) is 4.64. The third-order valence-electron chi connectivity index (χ3n) is 2.31.